The fourth-order valence-electron chi connectivity index (χ4n) is 1.30. The van der Waals surface area contributed by atoms with Gasteiger partial charge in [-0.1, -0.05) is 35.3 Å². The zero-order valence-electron chi connectivity index (χ0n) is 9.67. The van der Waals surface area contributed by atoms with E-state index in [1.807, 2.05) is 12.1 Å². The average Bonchev–Trinajstić information content (AvgIpc) is 2.25. The van der Waals surface area contributed by atoms with Crippen molar-refractivity contribution in [3.05, 3.63) is 33.8 Å². The monoisotopic (exact) mass is 296 g/mol. The number of likely N-dealkylation sites (N-methyl/N-ethyl adjacent to an activating group) is 2. The number of benzene rings is 1. The minimum absolute atomic E-state index is 0. The van der Waals surface area contributed by atoms with E-state index in [-0.39, 0.29) is 18.3 Å². The molecule has 0 bridgehead atoms. The molecule has 0 atom stereocenters. The van der Waals surface area contributed by atoms with Gasteiger partial charge in [-0.2, -0.15) is 0 Å². The van der Waals surface area contributed by atoms with Crippen molar-refractivity contribution in [1.29, 1.82) is 0 Å². The first-order chi connectivity index (χ1) is 7.56. The molecule has 0 aromatic heterocycles. The summed E-state index contributed by atoms with van der Waals surface area (Å²) in [5.74, 6) is 0.0125. The Morgan fingerprint density at radius 3 is 2.65 bits per heavy atom. The van der Waals surface area contributed by atoms with Gasteiger partial charge in [0.15, 0.2) is 0 Å². The van der Waals surface area contributed by atoms with Crippen LogP contribution in [-0.2, 0) is 11.3 Å². The highest BCUT2D eigenvalue weighted by Gasteiger charge is 2.11. The highest BCUT2D eigenvalue weighted by molar-refractivity contribution is 6.42. The van der Waals surface area contributed by atoms with E-state index in [1.165, 1.54) is 0 Å². The van der Waals surface area contributed by atoms with Gasteiger partial charge in [-0.05, 0) is 18.7 Å². The van der Waals surface area contributed by atoms with Gasteiger partial charge in [-0.25, -0.2) is 0 Å². The van der Waals surface area contributed by atoms with Gasteiger partial charge < -0.3 is 10.2 Å². The molecule has 0 spiro atoms. The van der Waals surface area contributed by atoms with Crippen LogP contribution in [0.2, 0.25) is 10.0 Å². The van der Waals surface area contributed by atoms with Gasteiger partial charge >= 0.3 is 0 Å². The van der Waals surface area contributed by atoms with Crippen LogP contribution in [0, 0.1) is 0 Å². The van der Waals surface area contributed by atoms with Gasteiger partial charge in [0.1, 0.15) is 0 Å². The molecule has 1 aromatic carbocycles. The van der Waals surface area contributed by atoms with Crippen molar-refractivity contribution in [3.63, 3.8) is 0 Å². The first-order valence-corrected chi connectivity index (χ1v) is 5.63. The predicted molar refractivity (Wildman–Crippen MR) is 74.1 cm³/mol. The Bertz CT molecular complexity index is 385. The van der Waals surface area contributed by atoms with E-state index in [9.17, 15) is 4.79 Å². The van der Waals surface area contributed by atoms with E-state index in [0.717, 1.165) is 5.56 Å². The summed E-state index contributed by atoms with van der Waals surface area (Å²) < 4.78 is 0. The number of nitrogens with zero attached hydrogens (tertiary/aromatic N) is 1. The third-order valence-electron chi connectivity index (χ3n) is 2.19. The van der Waals surface area contributed by atoms with E-state index >= 15 is 0 Å². The van der Waals surface area contributed by atoms with Crippen molar-refractivity contribution >= 4 is 41.5 Å². The third-order valence-corrected chi connectivity index (χ3v) is 3.05. The second kappa shape index (κ2) is 7.77. The lowest BCUT2D eigenvalue weighted by Crippen LogP contribution is -2.33. The highest BCUT2D eigenvalue weighted by Crippen LogP contribution is 2.26. The molecule has 0 fully saturated rings. The van der Waals surface area contributed by atoms with E-state index < -0.39 is 0 Å². The summed E-state index contributed by atoms with van der Waals surface area (Å²) in [7, 11) is 3.47. The summed E-state index contributed by atoms with van der Waals surface area (Å²) in [4.78, 5) is 13.1. The number of hydrogen-bond donors (Lipinski definition) is 1. The molecule has 1 N–H and O–H groups in total. The van der Waals surface area contributed by atoms with Gasteiger partial charge in [0, 0.05) is 13.6 Å². The van der Waals surface area contributed by atoms with Crippen LogP contribution in [0.5, 0.6) is 0 Å². The number of amides is 1. The Morgan fingerprint density at radius 1 is 1.41 bits per heavy atom. The molecule has 6 heteroatoms. The summed E-state index contributed by atoms with van der Waals surface area (Å²) >= 11 is 11.9. The van der Waals surface area contributed by atoms with Crippen LogP contribution >= 0.6 is 35.6 Å². The molecule has 3 nitrogen and oxygen atoms in total. The van der Waals surface area contributed by atoms with Crippen LogP contribution < -0.4 is 5.32 Å². The maximum atomic E-state index is 11.5. The molecule has 1 rings (SSSR count). The van der Waals surface area contributed by atoms with Gasteiger partial charge in [0.25, 0.3) is 0 Å². The number of halogens is 3. The average molecular weight is 298 g/mol. The van der Waals surface area contributed by atoms with Crippen molar-refractivity contribution in [2.75, 3.05) is 20.6 Å². The van der Waals surface area contributed by atoms with Crippen LogP contribution in [0.1, 0.15) is 5.56 Å². The lowest BCUT2D eigenvalue weighted by atomic mass is 10.2. The zero-order valence-corrected chi connectivity index (χ0v) is 12.0. The second-order valence-corrected chi connectivity index (χ2v) is 4.28. The molecule has 1 amide bonds. The molecular formula is C11H15Cl3N2O. The fraction of sp³-hybridized carbons (Fsp3) is 0.364. The third kappa shape index (κ3) is 4.72. The van der Waals surface area contributed by atoms with Crippen LogP contribution in [0.3, 0.4) is 0 Å². The number of rotatable bonds is 4. The number of hydrogen-bond acceptors (Lipinski definition) is 2. The molecule has 1 aromatic rings. The Hall–Kier alpha value is -0.480. The molecule has 0 aliphatic rings. The van der Waals surface area contributed by atoms with Crippen LogP contribution in [-0.4, -0.2) is 31.4 Å². The van der Waals surface area contributed by atoms with Gasteiger partial charge in [-0.3, -0.25) is 4.79 Å². The maximum Gasteiger partial charge on any atom is 0.236 e. The first kappa shape index (κ1) is 16.5. The molecule has 17 heavy (non-hydrogen) atoms. The van der Waals surface area contributed by atoms with Gasteiger partial charge in [-0.15, -0.1) is 12.4 Å². The van der Waals surface area contributed by atoms with E-state index in [4.69, 9.17) is 23.2 Å². The number of carbonyl (C=O) groups excluding carboxylic acids is 1. The lowest BCUT2D eigenvalue weighted by Gasteiger charge is -2.18. The van der Waals surface area contributed by atoms with Crippen molar-refractivity contribution in [1.82, 2.24) is 10.2 Å². The SMILES string of the molecule is CNCC(=O)N(C)Cc1cccc(Cl)c1Cl.Cl. The molecule has 0 aliphatic heterocycles. The summed E-state index contributed by atoms with van der Waals surface area (Å²) in [6.45, 7) is 0.772. The quantitative estimate of drug-likeness (QED) is 0.926. The summed E-state index contributed by atoms with van der Waals surface area (Å²) in [6.07, 6.45) is 0. The normalized spacial score (nSPS) is 9.65. The van der Waals surface area contributed by atoms with Crippen LogP contribution in [0.4, 0.5) is 0 Å². The van der Waals surface area contributed by atoms with Crippen LogP contribution in [0.25, 0.3) is 0 Å². The Labute approximate surface area is 117 Å². The molecule has 0 saturated carbocycles. The minimum Gasteiger partial charge on any atom is -0.340 e. The number of nitrogens with one attached hydrogen (secondary N) is 1. The molecule has 0 aliphatic carbocycles. The molecular weight excluding hydrogens is 282 g/mol. The fourth-order valence-corrected chi connectivity index (χ4v) is 1.68. The Kier molecular flexibility index (Phi) is 7.55. The maximum absolute atomic E-state index is 11.5. The van der Waals surface area contributed by atoms with Crippen molar-refractivity contribution in [2.45, 2.75) is 6.54 Å². The highest BCUT2D eigenvalue weighted by atomic mass is 35.5. The van der Waals surface area contributed by atoms with Crippen molar-refractivity contribution in [3.8, 4) is 0 Å². The Morgan fingerprint density at radius 2 is 2.06 bits per heavy atom. The minimum atomic E-state index is 0. The van der Waals surface area contributed by atoms with E-state index in [2.05, 4.69) is 5.32 Å². The molecule has 96 valence electrons. The topological polar surface area (TPSA) is 32.3 Å². The smallest absolute Gasteiger partial charge is 0.236 e. The van der Waals surface area contributed by atoms with Crippen molar-refractivity contribution in [2.24, 2.45) is 0 Å². The van der Waals surface area contributed by atoms with E-state index in [1.54, 1.807) is 25.1 Å². The summed E-state index contributed by atoms with van der Waals surface area (Å²) in [5.41, 5.74) is 0.848. The lowest BCUT2D eigenvalue weighted by molar-refractivity contribution is -0.129. The zero-order chi connectivity index (χ0) is 12.1. The van der Waals surface area contributed by atoms with Crippen LogP contribution in [0.15, 0.2) is 18.2 Å². The summed E-state index contributed by atoms with van der Waals surface area (Å²) in [6, 6.07) is 5.40. The molecule has 0 saturated heterocycles. The predicted octanol–water partition coefficient (Wildman–Crippen LogP) is 2.59. The Balaban J connectivity index is 0.00000256. The molecule has 0 unspecified atom stereocenters. The number of carbonyl (C=O) groups is 1. The van der Waals surface area contributed by atoms with Gasteiger partial charge in [0.05, 0.1) is 16.6 Å². The molecule has 0 heterocycles. The second-order valence-electron chi connectivity index (χ2n) is 3.49. The first-order valence-electron chi connectivity index (χ1n) is 4.87. The van der Waals surface area contributed by atoms with Gasteiger partial charge in [0.2, 0.25) is 5.91 Å². The van der Waals surface area contributed by atoms with Crippen molar-refractivity contribution < 1.29 is 4.79 Å². The van der Waals surface area contributed by atoms with E-state index in [0.29, 0.717) is 23.1 Å². The molecule has 0 radical (unpaired) electrons. The largest absolute Gasteiger partial charge is 0.340 e. The summed E-state index contributed by atoms with van der Waals surface area (Å²) in [5, 5.41) is 3.83. The standard InChI is InChI=1S/C11H14Cl2N2O.ClH/c1-14-6-10(16)15(2)7-8-4-3-5-9(12)11(8)13;/h3-5,14H,6-7H2,1-2H3;1H.